The normalized spacial score (nSPS) is 11.2. The van der Waals surface area contributed by atoms with Crippen LogP contribution in [-0.4, -0.2) is 33.8 Å². The Morgan fingerprint density at radius 3 is 2.60 bits per heavy atom. The molecule has 0 aliphatic carbocycles. The van der Waals surface area contributed by atoms with Gasteiger partial charge >= 0.3 is 6.09 Å². The predicted octanol–water partition coefficient (Wildman–Crippen LogP) is 3.34. The number of ether oxygens (including phenoxy) is 1. The number of hydrogen-bond donors (Lipinski definition) is 1. The maximum absolute atomic E-state index is 12.7. The summed E-state index contributed by atoms with van der Waals surface area (Å²) in [5, 5.41) is 6.92. The number of hydrogen-bond acceptors (Lipinski definition) is 4. The van der Waals surface area contributed by atoms with Crippen LogP contribution in [-0.2, 0) is 11.3 Å². The highest BCUT2D eigenvalue weighted by Gasteiger charge is 2.17. The van der Waals surface area contributed by atoms with Gasteiger partial charge < -0.3 is 10.1 Å². The third-order valence-corrected chi connectivity index (χ3v) is 3.55. The van der Waals surface area contributed by atoms with E-state index in [0.717, 1.165) is 5.56 Å². The van der Waals surface area contributed by atoms with Crippen LogP contribution in [0.15, 0.2) is 36.5 Å². The number of ketones is 1. The Hall–Kier alpha value is -2.63. The molecular formula is C19H25N3O3. The van der Waals surface area contributed by atoms with Gasteiger partial charge in [-0.05, 0) is 45.7 Å². The molecule has 0 radical (unpaired) electrons. The highest BCUT2D eigenvalue weighted by Crippen LogP contribution is 2.14. The minimum atomic E-state index is -0.515. The van der Waals surface area contributed by atoms with Gasteiger partial charge in [-0.2, -0.15) is 5.10 Å². The first kappa shape index (κ1) is 18.7. The van der Waals surface area contributed by atoms with Crippen molar-refractivity contribution in [1.29, 1.82) is 0 Å². The summed E-state index contributed by atoms with van der Waals surface area (Å²) in [4.78, 5) is 24.3. The van der Waals surface area contributed by atoms with E-state index in [9.17, 15) is 9.59 Å². The summed E-state index contributed by atoms with van der Waals surface area (Å²) < 4.78 is 6.85. The second kappa shape index (κ2) is 7.96. The van der Waals surface area contributed by atoms with Crippen molar-refractivity contribution in [3.63, 3.8) is 0 Å². The van der Waals surface area contributed by atoms with Crippen molar-refractivity contribution in [2.45, 2.75) is 46.3 Å². The van der Waals surface area contributed by atoms with Crippen LogP contribution in [0.2, 0.25) is 0 Å². The fourth-order valence-electron chi connectivity index (χ4n) is 2.40. The number of nitrogens with zero attached hydrogens (tertiary/aromatic N) is 2. The van der Waals surface area contributed by atoms with Crippen LogP contribution in [0.1, 0.15) is 48.8 Å². The SMILES string of the molecule is Cc1ccccc1C(=O)c1ccnn1CCCNC(=O)OC(C)(C)C. The molecule has 2 aromatic rings. The Kier molecular flexibility index (Phi) is 5.96. The Balaban J connectivity index is 1.91. The maximum Gasteiger partial charge on any atom is 0.407 e. The van der Waals surface area contributed by atoms with E-state index in [1.54, 1.807) is 16.9 Å². The Labute approximate surface area is 148 Å². The molecule has 1 aromatic carbocycles. The van der Waals surface area contributed by atoms with Gasteiger partial charge in [0, 0.05) is 24.8 Å². The first-order valence-electron chi connectivity index (χ1n) is 8.37. The lowest BCUT2D eigenvalue weighted by Crippen LogP contribution is -2.33. The molecule has 0 saturated heterocycles. The quantitative estimate of drug-likeness (QED) is 0.645. The molecule has 0 bridgehead atoms. The van der Waals surface area contributed by atoms with E-state index < -0.39 is 11.7 Å². The second-order valence-electron chi connectivity index (χ2n) is 6.87. The molecule has 2 rings (SSSR count). The molecule has 1 amide bonds. The number of carbonyl (C=O) groups is 2. The number of aryl methyl sites for hydroxylation is 2. The first-order valence-corrected chi connectivity index (χ1v) is 8.37. The molecule has 134 valence electrons. The van der Waals surface area contributed by atoms with Gasteiger partial charge in [-0.25, -0.2) is 4.79 Å². The van der Waals surface area contributed by atoms with E-state index in [1.807, 2.05) is 52.0 Å². The molecule has 0 aliphatic rings. The highest BCUT2D eigenvalue weighted by molar-refractivity contribution is 6.08. The van der Waals surface area contributed by atoms with Gasteiger partial charge in [0.25, 0.3) is 0 Å². The van der Waals surface area contributed by atoms with Crippen LogP contribution < -0.4 is 5.32 Å². The minimum absolute atomic E-state index is 0.0456. The topological polar surface area (TPSA) is 73.2 Å². The maximum atomic E-state index is 12.7. The molecule has 1 N–H and O–H groups in total. The van der Waals surface area contributed by atoms with Crippen molar-refractivity contribution in [3.05, 3.63) is 53.3 Å². The zero-order valence-corrected chi connectivity index (χ0v) is 15.2. The smallest absolute Gasteiger partial charge is 0.407 e. The van der Waals surface area contributed by atoms with Gasteiger partial charge in [-0.1, -0.05) is 24.3 Å². The van der Waals surface area contributed by atoms with E-state index in [1.165, 1.54) is 0 Å². The molecule has 6 nitrogen and oxygen atoms in total. The molecule has 0 atom stereocenters. The van der Waals surface area contributed by atoms with E-state index in [0.29, 0.717) is 30.8 Å². The van der Waals surface area contributed by atoms with E-state index in [2.05, 4.69) is 10.4 Å². The lowest BCUT2D eigenvalue weighted by Gasteiger charge is -2.19. The molecule has 1 aromatic heterocycles. The van der Waals surface area contributed by atoms with Crippen LogP contribution >= 0.6 is 0 Å². The molecule has 0 unspecified atom stereocenters. The summed E-state index contributed by atoms with van der Waals surface area (Å²) in [6, 6.07) is 9.21. The van der Waals surface area contributed by atoms with Gasteiger partial charge in [-0.15, -0.1) is 0 Å². The van der Waals surface area contributed by atoms with Gasteiger partial charge in [0.1, 0.15) is 11.3 Å². The lowest BCUT2D eigenvalue weighted by atomic mass is 10.0. The average molecular weight is 343 g/mol. The van der Waals surface area contributed by atoms with Crippen molar-refractivity contribution in [2.24, 2.45) is 0 Å². The van der Waals surface area contributed by atoms with Crippen molar-refractivity contribution in [2.75, 3.05) is 6.54 Å². The van der Waals surface area contributed by atoms with Crippen molar-refractivity contribution in [1.82, 2.24) is 15.1 Å². The predicted molar refractivity (Wildman–Crippen MR) is 95.7 cm³/mol. The van der Waals surface area contributed by atoms with Crippen molar-refractivity contribution in [3.8, 4) is 0 Å². The molecule has 25 heavy (non-hydrogen) atoms. The molecule has 0 fully saturated rings. The summed E-state index contributed by atoms with van der Waals surface area (Å²) in [7, 11) is 0. The summed E-state index contributed by atoms with van der Waals surface area (Å²) >= 11 is 0. The summed E-state index contributed by atoms with van der Waals surface area (Å²) in [5.74, 6) is -0.0456. The minimum Gasteiger partial charge on any atom is -0.444 e. The number of amides is 1. The number of nitrogens with one attached hydrogen (secondary N) is 1. The Morgan fingerprint density at radius 2 is 1.92 bits per heavy atom. The van der Waals surface area contributed by atoms with Gasteiger partial charge in [-0.3, -0.25) is 9.48 Å². The molecule has 1 heterocycles. The van der Waals surface area contributed by atoms with Crippen LogP contribution in [0.3, 0.4) is 0 Å². The molecular weight excluding hydrogens is 318 g/mol. The largest absolute Gasteiger partial charge is 0.444 e. The van der Waals surface area contributed by atoms with Gasteiger partial charge in [0.15, 0.2) is 0 Å². The molecule has 0 saturated carbocycles. The average Bonchev–Trinajstić information content (AvgIpc) is 2.98. The van der Waals surface area contributed by atoms with Gasteiger partial charge in [0.2, 0.25) is 5.78 Å². The third kappa shape index (κ3) is 5.45. The van der Waals surface area contributed by atoms with E-state index in [-0.39, 0.29) is 5.78 Å². The number of carbonyl (C=O) groups excluding carboxylic acids is 2. The zero-order chi connectivity index (χ0) is 18.4. The highest BCUT2D eigenvalue weighted by atomic mass is 16.6. The second-order valence-corrected chi connectivity index (χ2v) is 6.87. The lowest BCUT2D eigenvalue weighted by molar-refractivity contribution is 0.0526. The summed E-state index contributed by atoms with van der Waals surface area (Å²) in [6.45, 7) is 8.36. The van der Waals surface area contributed by atoms with Crippen LogP contribution in [0.4, 0.5) is 4.79 Å². The Morgan fingerprint density at radius 1 is 1.20 bits per heavy atom. The summed E-state index contributed by atoms with van der Waals surface area (Å²) in [6.07, 6.45) is 1.83. The van der Waals surface area contributed by atoms with Crippen LogP contribution in [0.25, 0.3) is 0 Å². The fraction of sp³-hybridized carbons (Fsp3) is 0.421. The van der Waals surface area contributed by atoms with Crippen LogP contribution in [0, 0.1) is 6.92 Å². The Bertz CT molecular complexity index is 744. The number of alkyl carbamates (subject to hydrolysis) is 1. The molecule has 0 aliphatic heterocycles. The fourth-order valence-corrected chi connectivity index (χ4v) is 2.40. The third-order valence-electron chi connectivity index (χ3n) is 3.55. The first-order chi connectivity index (χ1) is 11.8. The zero-order valence-electron chi connectivity index (χ0n) is 15.2. The molecule has 6 heteroatoms. The van der Waals surface area contributed by atoms with E-state index >= 15 is 0 Å². The molecule has 0 spiro atoms. The standard InChI is InChI=1S/C19H25N3O3/c1-14-8-5-6-9-15(14)17(23)16-10-12-21-22(16)13-7-11-20-18(24)25-19(2,3)4/h5-6,8-10,12H,7,11,13H2,1-4H3,(H,20,24). The van der Waals surface area contributed by atoms with Gasteiger partial charge in [0.05, 0.1) is 0 Å². The number of benzene rings is 1. The number of rotatable bonds is 6. The summed E-state index contributed by atoms with van der Waals surface area (Å²) in [5.41, 5.74) is 1.65. The van der Waals surface area contributed by atoms with Crippen molar-refractivity contribution < 1.29 is 14.3 Å². The van der Waals surface area contributed by atoms with E-state index in [4.69, 9.17) is 4.74 Å². The monoisotopic (exact) mass is 343 g/mol. The number of aromatic nitrogens is 2. The van der Waals surface area contributed by atoms with Crippen molar-refractivity contribution >= 4 is 11.9 Å². The van der Waals surface area contributed by atoms with Crippen LogP contribution in [0.5, 0.6) is 0 Å².